The van der Waals surface area contributed by atoms with Crippen molar-refractivity contribution in [2.45, 2.75) is 25.4 Å². The van der Waals surface area contributed by atoms with Crippen molar-refractivity contribution < 1.29 is 14.6 Å². The highest BCUT2D eigenvalue weighted by Crippen LogP contribution is 2.15. The third-order valence-corrected chi connectivity index (χ3v) is 4.01. The van der Waals surface area contributed by atoms with Gasteiger partial charge in [0, 0.05) is 19.6 Å². The number of ether oxygens (including phenoxy) is 1. The van der Waals surface area contributed by atoms with Crippen LogP contribution in [0.15, 0.2) is 16.8 Å². The van der Waals surface area contributed by atoms with Crippen LogP contribution in [0.3, 0.4) is 0 Å². The molecule has 1 N–H and O–H groups in total. The van der Waals surface area contributed by atoms with Gasteiger partial charge >= 0.3 is 5.97 Å². The number of carboxylic acids is 1. The van der Waals surface area contributed by atoms with Gasteiger partial charge in [0.1, 0.15) is 6.61 Å². The van der Waals surface area contributed by atoms with Crippen LogP contribution < -0.4 is 0 Å². The number of aliphatic carboxylic acids is 1. The summed E-state index contributed by atoms with van der Waals surface area (Å²) in [4.78, 5) is 12.8. The van der Waals surface area contributed by atoms with E-state index in [1.807, 2.05) is 0 Å². The molecule has 1 fully saturated rings. The first-order valence-electron chi connectivity index (χ1n) is 6.31. The molecule has 0 unspecified atom stereocenters. The fraction of sp³-hybridized carbons (Fsp3) is 0.615. The number of likely N-dealkylation sites (tertiary alicyclic amines) is 1. The minimum Gasteiger partial charge on any atom is -0.480 e. The number of rotatable bonds is 6. The predicted octanol–water partition coefficient (Wildman–Crippen LogP) is 1.86. The summed E-state index contributed by atoms with van der Waals surface area (Å²) in [5.41, 5.74) is 1.41. The zero-order valence-corrected chi connectivity index (χ0v) is 11.2. The summed E-state index contributed by atoms with van der Waals surface area (Å²) in [6.07, 6.45) is 3.11. The first kappa shape index (κ1) is 13.5. The van der Waals surface area contributed by atoms with Crippen molar-refractivity contribution in [3.8, 4) is 0 Å². The smallest absolute Gasteiger partial charge is 0.329 e. The highest BCUT2D eigenvalue weighted by Gasteiger charge is 2.19. The first-order valence-corrected chi connectivity index (χ1v) is 7.25. The second-order valence-electron chi connectivity index (χ2n) is 4.63. The lowest BCUT2D eigenvalue weighted by atomic mass is 10.1. The van der Waals surface area contributed by atoms with Crippen molar-refractivity contribution in [2.75, 3.05) is 26.2 Å². The van der Waals surface area contributed by atoms with Gasteiger partial charge in [-0.15, -0.1) is 0 Å². The van der Waals surface area contributed by atoms with Gasteiger partial charge < -0.3 is 14.7 Å². The van der Waals surface area contributed by atoms with Crippen molar-refractivity contribution >= 4 is 17.3 Å². The highest BCUT2D eigenvalue weighted by atomic mass is 32.1. The monoisotopic (exact) mass is 269 g/mol. The number of carboxylic acid groups (broad SMARTS) is 1. The van der Waals surface area contributed by atoms with Crippen LogP contribution in [0.1, 0.15) is 18.4 Å². The van der Waals surface area contributed by atoms with Gasteiger partial charge in [-0.2, -0.15) is 11.3 Å². The van der Waals surface area contributed by atoms with E-state index in [1.165, 1.54) is 5.56 Å². The van der Waals surface area contributed by atoms with Gasteiger partial charge in [0.15, 0.2) is 0 Å². The van der Waals surface area contributed by atoms with Crippen LogP contribution in [0.2, 0.25) is 0 Å². The molecule has 0 aromatic carbocycles. The lowest BCUT2D eigenvalue weighted by Gasteiger charge is -2.31. The van der Waals surface area contributed by atoms with Crippen molar-refractivity contribution in [1.29, 1.82) is 0 Å². The van der Waals surface area contributed by atoms with Crippen LogP contribution in [0.5, 0.6) is 0 Å². The van der Waals surface area contributed by atoms with Crippen LogP contribution in [-0.4, -0.2) is 48.3 Å². The van der Waals surface area contributed by atoms with E-state index in [1.54, 1.807) is 11.3 Å². The van der Waals surface area contributed by atoms with E-state index in [0.29, 0.717) is 0 Å². The van der Waals surface area contributed by atoms with E-state index in [9.17, 15) is 4.79 Å². The third-order valence-electron chi connectivity index (χ3n) is 3.27. The van der Waals surface area contributed by atoms with Gasteiger partial charge in [-0.3, -0.25) is 0 Å². The van der Waals surface area contributed by atoms with Crippen molar-refractivity contribution in [3.05, 3.63) is 22.4 Å². The molecule has 2 rings (SSSR count). The molecule has 1 aromatic rings. The van der Waals surface area contributed by atoms with Crippen LogP contribution in [0.4, 0.5) is 0 Å². The van der Waals surface area contributed by atoms with Gasteiger partial charge in [0.2, 0.25) is 0 Å². The zero-order chi connectivity index (χ0) is 12.8. The van der Waals surface area contributed by atoms with E-state index in [2.05, 4.69) is 21.7 Å². The fourth-order valence-corrected chi connectivity index (χ4v) is 2.91. The largest absolute Gasteiger partial charge is 0.480 e. The Morgan fingerprint density at radius 1 is 1.50 bits per heavy atom. The molecule has 0 bridgehead atoms. The number of piperidine rings is 1. The SMILES string of the molecule is O=C(O)COC1CCN(CCc2ccsc2)CC1. The summed E-state index contributed by atoms with van der Waals surface area (Å²) in [6, 6.07) is 2.17. The molecule has 0 saturated carbocycles. The molecule has 18 heavy (non-hydrogen) atoms. The summed E-state index contributed by atoms with van der Waals surface area (Å²) < 4.78 is 5.32. The maximum Gasteiger partial charge on any atom is 0.329 e. The lowest BCUT2D eigenvalue weighted by molar-refractivity contribution is -0.145. The summed E-state index contributed by atoms with van der Waals surface area (Å²) >= 11 is 1.74. The van der Waals surface area contributed by atoms with Gasteiger partial charge in [-0.05, 0) is 41.7 Å². The van der Waals surface area contributed by atoms with E-state index in [4.69, 9.17) is 9.84 Å². The minimum atomic E-state index is -0.880. The minimum absolute atomic E-state index is 0.124. The quantitative estimate of drug-likeness (QED) is 0.856. The molecule has 4 nitrogen and oxygen atoms in total. The van der Waals surface area contributed by atoms with E-state index < -0.39 is 5.97 Å². The zero-order valence-electron chi connectivity index (χ0n) is 10.4. The topological polar surface area (TPSA) is 49.8 Å². The molecular weight excluding hydrogens is 250 g/mol. The average molecular weight is 269 g/mol. The van der Waals surface area contributed by atoms with E-state index >= 15 is 0 Å². The maximum atomic E-state index is 10.4. The maximum absolute atomic E-state index is 10.4. The normalized spacial score (nSPS) is 18.0. The molecule has 0 radical (unpaired) electrons. The molecule has 0 aliphatic carbocycles. The summed E-state index contributed by atoms with van der Waals surface area (Å²) in [6.45, 7) is 2.94. The average Bonchev–Trinajstić information content (AvgIpc) is 2.88. The third kappa shape index (κ3) is 4.40. The summed E-state index contributed by atoms with van der Waals surface area (Å²) in [7, 11) is 0. The Morgan fingerprint density at radius 3 is 2.89 bits per heavy atom. The molecule has 1 aromatic heterocycles. The summed E-state index contributed by atoms with van der Waals surface area (Å²) in [5, 5.41) is 12.9. The van der Waals surface area contributed by atoms with Crippen LogP contribution in [-0.2, 0) is 16.0 Å². The molecule has 1 saturated heterocycles. The summed E-state index contributed by atoms with van der Waals surface area (Å²) in [5.74, 6) is -0.880. The highest BCUT2D eigenvalue weighted by molar-refractivity contribution is 7.07. The molecule has 1 aliphatic rings. The van der Waals surface area contributed by atoms with Crippen molar-refractivity contribution in [2.24, 2.45) is 0 Å². The van der Waals surface area contributed by atoms with Gasteiger partial charge in [-0.1, -0.05) is 0 Å². The van der Waals surface area contributed by atoms with Gasteiger partial charge in [-0.25, -0.2) is 4.79 Å². The van der Waals surface area contributed by atoms with Gasteiger partial charge in [0.25, 0.3) is 0 Å². The standard InChI is InChI=1S/C13H19NO3S/c15-13(16)9-17-12-2-6-14(7-3-12)5-1-11-4-8-18-10-11/h4,8,10,12H,1-3,5-7,9H2,(H,15,16). The Morgan fingerprint density at radius 2 is 2.28 bits per heavy atom. The second-order valence-corrected chi connectivity index (χ2v) is 5.41. The number of hydrogen-bond donors (Lipinski definition) is 1. The Labute approximate surface area is 111 Å². The number of carbonyl (C=O) groups is 1. The predicted molar refractivity (Wildman–Crippen MR) is 71.1 cm³/mol. The molecule has 0 amide bonds. The molecule has 5 heteroatoms. The van der Waals surface area contributed by atoms with Crippen molar-refractivity contribution in [1.82, 2.24) is 4.90 Å². The Balaban J connectivity index is 1.62. The Bertz CT molecular complexity index is 358. The lowest BCUT2D eigenvalue weighted by Crippen LogP contribution is -2.38. The number of thiophene rings is 1. The second kappa shape index (κ2) is 6.87. The molecule has 0 atom stereocenters. The Kier molecular flexibility index (Phi) is 5.16. The molecule has 0 spiro atoms. The molecule has 100 valence electrons. The molecule has 2 heterocycles. The number of hydrogen-bond acceptors (Lipinski definition) is 4. The van der Waals surface area contributed by atoms with E-state index in [-0.39, 0.29) is 12.7 Å². The molecular formula is C13H19NO3S. The molecule has 1 aliphatic heterocycles. The number of nitrogens with zero attached hydrogens (tertiary/aromatic N) is 1. The van der Waals surface area contributed by atoms with Crippen LogP contribution >= 0.6 is 11.3 Å². The van der Waals surface area contributed by atoms with Crippen molar-refractivity contribution in [3.63, 3.8) is 0 Å². The fourth-order valence-electron chi connectivity index (χ4n) is 2.21. The van der Waals surface area contributed by atoms with Crippen LogP contribution in [0, 0.1) is 0 Å². The van der Waals surface area contributed by atoms with Gasteiger partial charge in [0.05, 0.1) is 6.10 Å². The first-order chi connectivity index (χ1) is 8.74. The Hall–Kier alpha value is -0.910. The van der Waals surface area contributed by atoms with Crippen LogP contribution in [0.25, 0.3) is 0 Å². The van der Waals surface area contributed by atoms with E-state index in [0.717, 1.165) is 38.9 Å².